The summed E-state index contributed by atoms with van der Waals surface area (Å²) in [6.07, 6.45) is -3.67. The first-order chi connectivity index (χ1) is 5.20. The third kappa shape index (κ3) is 1070. The van der Waals surface area contributed by atoms with Crippen LogP contribution in [0.4, 0.5) is 9.59 Å². The number of rotatable bonds is 0. The fraction of sp³-hybridized carbons (Fsp3) is 0.250. The van der Waals surface area contributed by atoms with Gasteiger partial charge in [-0.05, 0) is 0 Å². The standard InChI is InChI=1S/C2H4O2.2CH2O3.K.2Na.3H/c1-2(3)4;2*2-1(3)4;;;;;;/h1H3,(H,3,4);2*(H2,2,3,4);;;;;;/q;;;3*+1;3*-1. The topological polar surface area (TPSA) is 152 Å². The van der Waals surface area contributed by atoms with E-state index < -0.39 is 18.3 Å². The van der Waals surface area contributed by atoms with Crippen LogP contribution in [-0.4, -0.2) is 43.8 Å². The molecule has 0 unspecified atom stereocenters. The first kappa shape index (κ1) is 36.0. The number of carbonyl (C=O) groups is 3. The van der Waals surface area contributed by atoms with E-state index in [9.17, 15) is 0 Å². The Bertz CT molecular complexity index is 134. The number of hydrogen-bond donors (Lipinski definition) is 5. The molecular weight excluding hydrogens is 261 g/mol. The van der Waals surface area contributed by atoms with Gasteiger partial charge < -0.3 is 29.8 Å². The van der Waals surface area contributed by atoms with Gasteiger partial charge in [0.2, 0.25) is 0 Å². The number of carboxylic acid groups (broad SMARTS) is 5. The average Bonchev–Trinajstić information content (AvgIpc) is 1.54. The molecule has 0 atom stereocenters. The second-order valence-corrected chi connectivity index (χ2v) is 1.08. The maximum Gasteiger partial charge on any atom is 1.00 e. The predicted molar refractivity (Wildman–Crippen MR) is 38.0 cm³/mol. The van der Waals surface area contributed by atoms with Crippen molar-refractivity contribution in [3.05, 3.63) is 0 Å². The smallest absolute Gasteiger partial charge is 1.00 e. The van der Waals surface area contributed by atoms with E-state index >= 15 is 0 Å². The van der Waals surface area contributed by atoms with Crippen LogP contribution in [0.15, 0.2) is 0 Å². The Balaban J connectivity index is -0.00000000827. The van der Waals surface area contributed by atoms with Crippen LogP contribution in [0, 0.1) is 0 Å². The molecule has 0 aliphatic carbocycles. The Morgan fingerprint density at radius 3 is 0.800 bits per heavy atom. The van der Waals surface area contributed by atoms with Crippen LogP contribution in [0.5, 0.6) is 0 Å². The molecule has 78 valence electrons. The van der Waals surface area contributed by atoms with E-state index in [1.165, 1.54) is 0 Å². The quantitative estimate of drug-likeness (QED) is 0.272. The summed E-state index contributed by atoms with van der Waals surface area (Å²) < 4.78 is 0. The Kier molecular flexibility index (Phi) is 71.0. The van der Waals surface area contributed by atoms with E-state index in [4.69, 9.17) is 39.9 Å². The fourth-order valence-corrected chi connectivity index (χ4v) is 0. The Morgan fingerprint density at radius 2 is 0.800 bits per heavy atom. The van der Waals surface area contributed by atoms with Crippen LogP contribution in [0.25, 0.3) is 0 Å². The molecule has 5 N–H and O–H groups in total. The summed E-state index contributed by atoms with van der Waals surface area (Å²) in [4.78, 5) is 26.1. The van der Waals surface area contributed by atoms with Crippen molar-refractivity contribution in [2.24, 2.45) is 0 Å². The van der Waals surface area contributed by atoms with Gasteiger partial charge in [0.15, 0.2) is 0 Å². The summed E-state index contributed by atoms with van der Waals surface area (Å²) in [6.45, 7) is 1.08. The summed E-state index contributed by atoms with van der Waals surface area (Å²) in [5.74, 6) is -0.833. The molecule has 0 saturated heterocycles. The molecule has 0 aromatic carbocycles. The molecule has 0 aromatic heterocycles. The summed E-state index contributed by atoms with van der Waals surface area (Å²) >= 11 is 0. The summed E-state index contributed by atoms with van der Waals surface area (Å²) in [5, 5.41) is 35.3. The van der Waals surface area contributed by atoms with Crippen LogP contribution < -0.4 is 110 Å². The molecule has 0 rings (SSSR count). The van der Waals surface area contributed by atoms with Crippen molar-refractivity contribution in [2.45, 2.75) is 6.92 Å². The maximum atomic E-state index is 9.00. The fourth-order valence-electron chi connectivity index (χ4n) is 0. The molecule has 0 amide bonds. The second-order valence-electron chi connectivity index (χ2n) is 1.08. The van der Waals surface area contributed by atoms with E-state index in [1.54, 1.807) is 0 Å². The summed E-state index contributed by atoms with van der Waals surface area (Å²) in [6, 6.07) is 0. The molecule has 15 heavy (non-hydrogen) atoms. The minimum absolute atomic E-state index is 0. The van der Waals surface area contributed by atoms with Gasteiger partial charge in [-0.25, -0.2) is 9.59 Å². The monoisotopic (exact) mass is 272 g/mol. The zero-order valence-corrected chi connectivity index (χ0v) is 16.1. The molecule has 0 spiro atoms. The van der Waals surface area contributed by atoms with Gasteiger partial charge in [0.25, 0.3) is 5.97 Å². The molecule has 0 fully saturated rings. The first-order valence-corrected chi connectivity index (χ1v) is 2.23. The van der Waals surface area contributed by atoms with Gasteiger partial charge in [-0.3, -0.25) is 4.79 Å². The molecule has 0 radical (unpaired) electrons. The molecule has 0 aliphatic heterocycles. The van der Waals surface area contributed by atoms with Crippen molar-refractivity contribution in [2.75, 3.05) is 0 Å². The third-order valence-corrected chi connectivity index (χ3v) is 0. The van der Waals surface area contributed by atoms with E-state index in [0.29, 0.717) is 0 Å². The van der Waals surface area contributed by atoms with Gasteiger partial charge in [-0.1, -0.05) is 0 Å². The van der Waals surface area contributed by atoms with Crippen molar-refractivity contribution in [3.63, 3.8) is 0 Å². The van der Waals surface area contributed by atoms with E-state index in [2.05, 4.69) is 0 Å². The van der Waals surface area contributed by atoms with Crippen molar-refractivity contribution < 1.29 is 155 Å². The van der Waals surface area contributed by atoms with E-state index in [0.717, 1.165) is 6.92 Å². The van der Waals surface area contributed by atoms with Gasteiger partial charge in [0.05, 0.1) is 0 Å². The van der Waals surface area contributed by atoms with Crippen molar-refractivity contribution in [3.8, 4) is 0 Å². The third-order valence-electron chi connectivity index (χ3n) is 0. The Hall–Kier alpha value is 1.65. The predicted octanol–water partition coefficient (Wildman–Crippen LogP) is -8.11. The molecule has 8 nitrogen and oxygen atoms in total. The van der Waals surface area contributed by atoms with Gasteiger partial charge in [0, 0.05) is 6.92 Å². The summed E-state index contributed by atoms with van der Waals surface area (Å²) in [7, 11) is 0. The van der Waals surface area contributed by atoms with Crippen LogP contribution in [0.1, 0.15) is 11.2 Å². The van der Waals surface area contributed by atoms with Gasteiger partial charge in [0.1, 0.15) is 0 Å². The number of aliphatic carboxylic acids is 1. The van der Waals surface area contributed by atoms with Crippen LogP contribution in [-0.2, 0) is 4.79 Å². The average molecular weight is 272 g/mol. The zero-order chi connectivity index (χ0) is 10.7. The van der Waals surface area contributed by atoms with Crippen LogP contribution >= 0.6 is 0 Å². The van der Waals surface area contributed by atoms with Crippen LogP contribution in [0.3, 0.4) is 0 Å². The minimum atomic E-state index is -1.83. The Morgan fingerprint density at radius 1 is 0.800 bits per heavy atom. The van der Waals surface area contributed by atoms with Gasteiger partial charge >= 0.3 is 123 Å². The number of carboxylic acids is 1. The van der Waals surface area contributed by atoms with Crippen LogP contribution in [0.2, 0.25) is 0 Å². The normalized spacial score (nSPS) is 4.87. The minimum Gasteiger partial charge on any atom is -1.00 e. The molecular formula is C4H11KNa2O8. The van der Waals surface area contributed by atoms with Gasteiger partial charge in [-0.2, -0.15) is 0 Å². The molecule has 0 aliphatic rings. The SMILES string of the molecule is CC(=O)O.O=C(O)O.O=C(O)O.[H-].[H-].[H-].[K+].[Na+].[Na+]. The molecule has 0 heterocycles. The molecule has 11 heteroatoms. The van der Waals surface area contributed by atoms with E-state index in [1.807, 2.05) is 0 Å². The van der Waals surface area contributed by atoms with Crippen molar-refractivity contribution in [1.82, 2.24) is 0 Å². The van der Waals surface area contributed by atoms with E-state index in [-0.39, 0.29) is 115 Å². The maximum absolute atomic E-state index is 9.00. The molecule has 0 bridgehead atoms. The summed E-state index contributed by atoms with van der Waals surface area (Å²) in [5.41, 5.74) is 0. The number of hydrogen-bond acceptors (Lipinski definition) is 3. The first-order valence-electron chi connectivity index (χ1n) is 2.23. The molecule has 0 aromatic rings. The molecule has 0 saturated carbocycles. The second kappa shape index (κ2) is 29.6. The van der Waals surface area contributed by atoms with Gasteiger partial charge in [-0.15, -0.1) is 0 Å². The largest absolute Gasteiger partial charge is 1.00 e. The van der Waals surface area contributed by atoms with Crippen molar-refractivity contribution >= 4 is 18.3 Å². The van der Waals surface area contributed by atoms with Crippen molar-refractivity contribution in [1.29, 1.82) is 0 Å². The Labute approximate surface area is 177 Å². The zero-order valence-electron chi connectivity index (χ0n) is 12.0.